The van der Waals surface area contributed by atoms with Gasteiger partial charge in [0.25, 0.3) is 0 Å². The van der Waals surface area contributed by atoms with Crippen molar-refractivity contribution in [2.75, 3.05) is 11.9 Å². The zero-order valence-electron chi connectivity index (χ0n) is 8.22. The van der Waals surface area contributed by atoms with Gasteiger partial charge in [-0.25, -0.2) is 13.8 Å². The fourth-order valence-corrected chi connectivity index (χ4v) is 1.52. The van der Waals surface area contributed by atoms with E-state index in [0.717, 1.165) is 12.1 Å². The lowest BCUT2D eigenvalue weighted by molar-refractivity contribution is 0.617. The number of hydrogen-bond acceptors (Lipinski definition) is 2. The van der Waals surface area contributed by atoms with E-state index in [1.807, 2.05) is 6.92 Å². The van der Waals surface area contributed by atoms with E-state index in [0.29, 0.717) is 12.4 Å². The van der Waals surface area contributed by atoms with Gasteiger partial charge in [0, 0.05) is 18.1 Å². The molecule has 0 saturated carbocycles. The summed E-state index contributed by atoms with van der Waals surface area (Å²) in [5, 5.41) is 3.36. The first kappa shape index (κ1) is 9.83. The van der Waals surface area contributed by atoms with Crippen molar-refractivity contribution in [1.29, 1.82) is 0 Å². The van der Waals surface area contributed by atoms with Crippen molar-refractivity contribution in [3.05, 3.63) is 36.0 Å². The van der Waals surface area contributed by atoms with Crippen molar-refractivity contribution in [3.8, 4) is 0 Å². The molecule has 0 fully saturated rings. The molecule has 4 heteroatoms. The monoisotopic (exact) mass is 208 g/mol. The molecule has 0 unspecified atom stereocenters. The molecule has 0 aliphatic heterocycles. The van der Waals surface area contributed by atoms with Crippen molar-refractivity contribution in [1.82, 2.24) is 4.98 Å². The van der Waals surface area contributed by atoms with Gasteiger partial charge in [-0.15, -0.1) is 0 Å². The molecule has 15 heavy (non-hydrogen) atoms. The number of nitrogens with zero attached hydrogens (tertiary/aromatic N) is 1. The molecule has 0 saturated heterocycles. The second-order valence-electron chi connectivity index (χ2n) is 3.14. The average Bonchev–Trinajstić information content (AvgIpc) is 2.24. The summed E-state index contributed by atoms with van der Waals surface area (Å²) in [5.74, 6) is -0.518. The number of anilines is 1. The molecule has 0 atom stereocenters. The highest BCUT2D eigenvalue weighted by atomic mass is 19.1. The van der Waals surface area contributed by atoms with Crippen molar-refractivity contribution >= 4 is 16.6 Å². The highest BCUT2D eigenvalue weighted by molar-refractivity contribution is 5.92. The maximum absolute atomic E-state index is 13.5. The Bertz CT molecular complexity index is 497. The normalized spacial score (nSPS) is 10.6. The molecule has 0 aliphatic rings. The topological polar surface area (TPSA) is 24.9 Å². The van der Waals surface area contributed by atoms with Crippen LogP contribution < -0.4 is 5.32 Å². The molecule has 78 valence electrons. The number of nitrogens with one attached hydrogen (secondary N) is 1. The first-order valence-corrected chi connectivity index (χ1v) is 4.70. The maximum Gasteiger partial charge on any atom is 0.136 e. The predicted molar refractivity (Wildman–Crippen MR) is 55.8 cm³/mol. The number of rotatable bonds is 2. The quantitative estimate of drug-likeness (QED) is 0.820. The fraction of sp³-hybridized carbons (Fsp3) is 0.182. The zero-order valence-corrected chi connectivity index (χ0v) is 8.22. The number of fused-ring (bicyclic) bond motifs is 1. The second kappa shape index (κ2) is 3.81. The Morgan fingerprint density at radius 1 is 1.20 bits per heavy atom. The lowest BCUT2D eigenvalue weighted by Gasteiger charge is -2.07. The molecule has 0 amide bonds. The molecule has 1 heterocycles. The Balaban J connectivity index is 2.78. The fourth-order valence-electron chi connectivity index (χ4n) is 1.52. The Morgan fingerprint density at radius 3 is 2.67 bits per heavy atom. The van der Waals surface area contributed by atoms with Gasteiger partial charge in [-0.05, 0) is 25.1 Å². The Kier molecular flexibility index (Phi) is 2.49. The van der Waals surface area contributed by atoms with Crippen LogP contribution in [0.15, 0.2) is 24.4 Å². The molecule has 0 aliphatic carbocycles. The molecule has 0 spiro atoms. The number of hydrogen-bond donors (Lipinski definition) is 1. The van der Waals surface area contributed by atoms with Crippen LogP contribution in [0.1, 0.15) is 6.92 Å². The summed E-state index contributed by atoms with van der Waals surface area (Å²) in [4.78, 5) is 3.98. The summed E-state index contributed by atoms with van der Waals surface area (Å²) in [7, 11) is 0. The number of halogens is 2. The minimum Gasteiger partial charge on any atom is -0.370 e. The Hall–Kier alpha value is -1.71. The molecule has 2 rings (SSSR count). The first-order chi connectivity index (χ1) is 7.24. The maximum atomic E-state index is 13.5. The number of aromatic nitrogens is 1. The Labute approximate surface area is 85.9 Å². The van der Waals surface area contributed by atoms with Crippen LogP contribution in [0.2, 0.25) is 0 Å². The van der Waals surface area contributed by atoms with E-state index in [2.05, 4.69) is 10.3 Å². The third-order valence-electron chi connectivity index (χ3n) is 2.17. The average molecular weight is 208 g/mol. The summed E-state index contributed by atoms with van der Waals surface area (Å²) < 4.78 is 26.9. The van der Waals surface area contributed by atoms with Crippen LogP contribution in [0.4, 0.5) is 14.6 Å². The van der Waals surface area contributed by atoms with E-state index in [1.165, 1.54) is 12.3 Å². The molecule has 2 nitrogen and oxygen atoms in total. The summed E-state index contributed by atoms with van der Waals surface area (Å²) in [6.07, 6.45) is 1.46. The lowest BCUT2D eigenvalue weighted by atomic mass is 10.1. The molecular formula is C11H10F2N2. The van der Waals surface area contributed by atoms with Gasteiger partial charge < -0.3 is 5.32 Å². The van der Waals surface area contributed by atoms with Gasteiger partial charge in [0.05, 0.1) is 5.39 Å². The van der Waals surface area contributed by atoms with E-state index in [-0.39, 0.29) is 10.8 Å². The third-order valence-corrected chi connectivity index (χ3v) is 2.17. The Morgan fingerprint density at radius 2 is 1.93 bits per heavy atom. The van der Waals surface area contributed by atoms with Crippen LogP contribution in [0, 0.1) is 11.6 Å². The highest BCUT2D eigenvalue weighted by Crippen LogP contribution is 2.26. The second-order valence-corrected chi connectivity index (χ2v) is 3.14. The van der Waals surface area contributed by atoms with Crippen LogP contribution in [0.25, 0.3) is 10.8 Å². The summed E-state index contributed by atoms with van der Waals surface area (Å²) in [5.41, 5.74) is 0. The van der Waals surface area contributed by atoms with E-state index < -0.39 is 11.6 Å². The summed E-state index contributed by atoms with van der Waals surface area (Å²) >= 11 is 0. The van der Waals surface area contributed by atoms with Gasteiger partial charge in [0.1, 0.15) is 17.5 Å². The van der Waals surface area contributed by atoms with E-state index in [1.54, 1.807) is 0 Å². The molecule has 0 bridgehead atoms. The van der Waals surface area contributed by atoms with E-state index >= 15 is 0 Å². The number of benzene rings is 1. The van der Waals surface area contributed by atoms with Crippen LogP contribution >= 0.6 is 0 Å². The third kappa shape index (κ3) is 1.63. The molecule has 0 radical (unpaired) electrons. The molecule has 1 aromatic heterocycles. The molecule has 1 N–H and O–H groups in total. The smallest absolute Gasteiger partial charge is 0.136 e. The zero-order chi connectivity index (χ0) is 10.8. The van der Waals surface area contributed by atoms with Gasteiger partial charge >= 0.3 is 0 Å². The van der Waals surface area contributed by atoms with Gasteiger partial charge in [-0.3, -0.25) is 0 Å². The highest BCUT2D eigenvalue weighted by Gasteiger charge is 2.10. The summed E-state index contributed by atoms with van der Waals surface area (Å²) in [6.45, 7) is 2.49. The van der Waals surface area contributed by atoms with Gasteiger partial charge in [0.15, 0.2) is 0 Å². The molecule has 1 aromatic carbocycles. The largest absolute Gasteiger partial charge is 0.370 e. The van der Waals surface area contributed by atoms with Crippen LogP contribution in [-0.2, 0) is 0 Å². The minimum absolute atomic E-state index is 0.208. The molecule has 2 aromatic rings. The van der Waals surface area contributed by atoms with Crippen LogP contribution in [0.5, 0.6) is 0 Å². The van der Waals surface area contributed by atoms with Crippen molar-refractivity contribution < 1.29 is 8.78 Å². The van der Waals surface area contributed by atoms with Crippen molar-refractivity contribution in [2.45, 2.75) is 6.92 Å². The van der Waals surface area contributed by atoms with Crippen LogP contribution in [0.3, 0.4) is 0 Å². The summed E-state index contributed by atoms with van der Waals surface area (Å²) in [6, 6.07) is 3.70. The van der Waals surface area contributed by atoms with Crippen molar-refractivity contribution in [3.63, 3.8) is 0 Å². The predicted octanol–water partition coefficient (Wildman–Crippen LogP) is 2.94. The standard InChI is InChI=1S/C11H10F2N2/c1-2-14-11-10-7(5-6-15-11)8(12)3-4-9(10)13/h3-6H,2H2,1H3,(H,14,15). The van der Waals surface area contributed by atoms with E-state index in [9.17, 15) is 8.78 Å². The van der Waals surface area contributed by atoms with E-state index in [4.69, 9.17) is 0 Å². The lowest BCUT2D eigenvalue weighted by Crippen LogP contribution is -2.01. The first-order valence-electron chi connectivity index (χ1n) is 4.70. The SMILES string of the molecule is CCNc1nccc2c(F)ccc(F)c12. The van der Waals surface area contributed by atoms with Gasteiger partial charge in [-0.1, -0.05) is 0 Å². The van der Waals surface area contributed by atoms with Gasteiger partial charge in [-0.2, -0.15) is 0 Å². The van der Waals surface area contributed by atoms with Crippen LogP contribution in [-0.4, -0.2) is 11.5 Å². The number of pyridine rings is 1. The van der Waals surface area contributed by atoms with Gasteiger partial charge in [0.2, 0.25) is 0 Å². The van der Waals surface area contributed by atoms with Crippen molar-refractivity contribution in [2.24, 2.45) is 0 Å². The molecular weight excluding hydrogens is 198 g/mol. The minimum atomic E-state index is -0.463.